The lowest BCUT2D eigenvalue weighted by molar-refractivity contribution is 0.0889. The number of carbonyl (C=O) groups excluding carboxylic acids is 1. The van der Waals surface area contributed by atoms with Crippen molar-refractivity contribution < 1.29 is 14.7 Å². The first-order chi connectivity index (χ1) is 15.2. The zero-order chi connectivity index (χ0) is 21.4. The quantitative estimate of drug-likeness (QED) is 0.444. The molecule has 6 heteroatoms. The number of oxime groups is 1. The molecule has 1 aliphatic carbocycles. The first-order valence-corrected chi connectivity index (χ1v) is 10.8. The number of hydrogen-bond acceptors (Lipinski definition) is 6. The van der Waals surface area contributed by atoms with Gasteiger partial charge in [-0.05, 0) is 41.8 Å². The molecule has 3 aromatic carbocycles. The van der Waals surface area contributed by atoms with E-state index in [0.29, 0.717) is 22.1 Å². The summed E-state index contributed by atoms with van der Waals surface area (Å²) in [5, 5.41) is 14.7. The molecule has 2 aliphatic rings. The average molecular weight is 429 g/mol. The second-order valence-corrected chi connectivity index (χ2v) is 8.64. The Morgan fingerprint density at radius 1 is 1.00 bits per heavy atom. The summed E-state index contributed by atoms with van der Waals surface area (Å²) in [6, 6.07) is 24.9. The molecule has 1 heterocycles. The van der Waals surface area contributed by atoms with Crippen LogP contribution in [0.25, 0.3) is 0 Å². The Balaban J connectivity index is 1.72. The van der Waals surface area contributed by atoms with Gasteiger partial charge >= 0.3 is 0 Å². The van der Waals surface area contributed by atoms with E-state index in [-0.39, 0.29) is 5.78 Å². The number of nitrogens with zero attached hydrogens (tertiary/aromatic N) is 2. The highest BCUT2D eigenvalue weighted by Gasteiger charge is 2.61. The predicted molar refractivity (Wildman–Crippen MR) is 123 cm³/mol. The van der Waals surface area contributed by atoms with Crippen molar-refractivity contribution in [2.75, 3.05) is 7.11 Å². The summed E-state index contributed by atoms with van der Waals surface area (Å²) in [7, 11) is 1.62. The molecule has 0 amide bonds. The topological polar surface area (TPSA) is 71.2 Å². The Bertz CT molecular complexity index is 1200. The molecule has 154 valence electrons. The van der Waals surface area contributed by atoms with Gasteiger partial charge in [0, 0.05) is 5.56 Å². The van der Waals surface area contributed by atoms with E-state index in [1.54, 1.807) is 7.11 Å². The van der Waals surface area contributed by atoms with E-state index in [1.807, 2.05) is 78.9 Å². The van der Waals surface area contributed by atoms with Crippen LogP contribution in [0.2, 0.25) is 0 Å². The number of benzene rings is 3. The van der Waals surface area contributed by atoms with Gasteiger partial charge in [0.05, 0.1) is 29.2 Å². The molecule has 0 saturated carbocycles. The standard InChI is InChI=1S/C25H20N2O3S/c1-30-19-13-11-16(12-14-19)21-23(27-29)31-24(26-18-8-3-2-4-9-18)25(21)15-17-7-5-6-10-20(17)22(25)28/h2-14,21,29H,15H2,1H3/b26-24?,27-23-. The molecular weight excluding hydrogens is 408 g/mol. The Morgan fingerprint density at radius 3 is 2.39 bits per heavy atom. The number of carbonyl (C=O) groups is 1. The number of ether oxygens (including phenoxy) is 1. The van der Waals surface area contributed by atoms with E-state index in [1.165, 1.54) is 11.8 Å². The van der Waals surface area contributed by atoms with Crippen LogP contribution in [-0.4, -0.2) is 28.2 Å². The SMILES string of the molecule is COc1ccc(C2/C(=N/O)SC(=Nc3ccccc3)C23Cc2ccccc2C3=O)cc1. The van der Waals surface area contributed by atoms with E-state index < -0.39 is 11.3 Å². The van der Waals surface area contributed by atoms with Crippen molar-refractivity contribution in [3.8, 4) is 5.75 Å². The molecular formula is C25H20N2O3S. The Hall–Kier alpha value is -3.38. The largest absolute Gasteiger partial charge is 0.497 e. The number of para-hydroxylation sites is 1. The number of methoxy groups -OCH3 is 1. The minimum absolute atomic E-state index is 0.0183. The molecule has 1 fully saturated rings. The van der Waals surface area contributed by atoms with Crippen molar-refractivity contribution in [3.05, 3.63) is 95.6 Å². The van der Waals surface area contributed by atoms with Gasteiger partial charge in [-0.2, -0.15) is 0 Å². The van der Waals surface area contributed by atoms with Gasteiger partial charge < -0.3 is 9.94 Å². The molecule has 1 aliphatic heterocycles. The van der Waals surface area contributed by atoms with Crippen LogP contribution in [0, 0.1) is 5.41 Å². The molecule has 5 rings (SSSR count). The number of thioether (sulfide) groups is 1. The molecule has 3 aromatic rings. The molecule has 1 N–H and O–H groups in total. The van der Waals surface area contributed by atoms with Crippen molar-refractivity contribution in [2.45, 2.75) is 12.3 Å². The molecule has 0 bridgehead atoms. The van der Waals surface area contributed by atoms with Crippen molar-refractivity contribution >= 4 is 33.3 Å². The number of hydrogen-bond donors (Lipinski definition) is 1. The maximum Gasteiger partial charge on any atom is 0.177 e. The number of fused-ring (bicyclic) bond motifs is 1. The summed E-state index contributed by atoms with van der Waals surface area (Å²) in [6.45, 7) is 0. The Labute approximate surface area is 184 Å². The summed E-state index contributed by atoms with van der Waals surface area (Å²) in [5.41, 5.74) is 2.41. The van der Waals surface area contributed by atoms with Crippen LogP contribution in [0.4, 0.5) is 5.69 Å². The van der Waals surface area contributed by atoms with Gasteiger partial charge in [-0.25, -0.2) is 4.99 Å². The van der Waals surface area contributed by atoms with Crippen LogP contribution in [-0.2, 0) is 6.42 Å². The molecule has 1 spiro atoms. The van der Waals surface area contributed by atoms with Gasteiger partial charge in [0.2, 0.25) is 0 Å². The van der Waals surface area contributed by atoms with Gasteiger partial charge in [-0.3, -0.25) is 4.79 Å². The van der Waals surface area contributed by atoms with Gasteiger partial charge in [0.25, 0.3) is 0 Å². The normalized spacial score (nSPS) is 24.8. The van der Waals surface area contributed by atoms with E-state index in [0.717, 1.165) is 22.6 Å². The third-order valence-corrected chi connectivity index (χ3v) is 7.17. The zero-order valence-corrected chi connectivity index (χ0v) is 17.7. The zero-order valence-electron chi connectivity index (χ0n) is 16.9. The number of rotatable bonds is 3. The van der Waals surface area contributed by atoms with Crippen LogP contribution >= 0.6 is 11.8 Å². The van der Waals surface area contributed by atoms with Gasteiger partial charge in [-0.15, -0.1) is 0 Å². The summed E-state index contributed by atoms with van der Waals surface area (Å²) in [5.74, 6) is 0.311. The fraction of sp³-hybridized carbons (Fsp3) is 0.160. The lowest BCUT2D eigenvalue weighted by Crippen LogP contribution is -2.38. The van der Waals surface area contributed by atoms with Gasteiger partial charge in [0.15, 0.2) is 5.78 Å². The van der Waals surface area contributed by atoms with Crippen molar-refractivity contribution in [3.63, 3.8) is 0 Å². The number of ketones is 1. The maximum atomic E-state index is 13.9. The van der Waals surface area contributed by atoms with E-state index in [4.69, 9.17) is 9.73 Å². The first-order valence-electron chi connectivity index (χ1n) is 9.98. The lowest BCUT2D eigenvalue weighted by Gasteiger charge is -2.29. The Morgan fingerprint density at radius 2 is 1.71 bits per heavy atom. The third-order valence-electron chi connectivity index (χ3n) is 5.99. The molecule has 0 aromatic heterocycles. The second kappa shape index (κ2) is 7.71. The minimum atomic E-state index is -0.944. The second-order valence-electron chi connectivity index (χ2n) is 7.63. The molecule has 2 atom stereocenters. The van der Waals surface area contributed by atoms with E-state index in [2.05, 4.69) is 5.16 Å². The van der Waals surface area contributed by atoms with Crippen molar-refractivity contribution in [1.29, 1.82) is 0 Å². The fourth-order valence-corrected chi connectivity index (χ4v) is 5.86. The highest BCUT2D eigenvalue weighted by Crippen LogP contribution is 2.58. The van der Waals surface area contributed by atoms with Gasteiger partial charge in [0.1, 0.15) is 10.8 Å². The van der Waals surface area contributed by atoms with Crippen LogP contribution < -0.4 is 4.74 Å². The van der Waals surface area contributed by atoms with Crippen LogP contribution in [0.15, 0.2) is 89.0 Å². The number of aliphatic imine (C=N–C) groups is 1. The molecule has 1 saturated heterocycles. The summed E-state index contributed by atoms with van der Waals surface area (Å²) in [6.07, 6.45) is 0.510. The average Bonchev–Trinajstić information content (AvgIpc) is 3.29. The smallest absolute Gasteiger partial charge is 0.177 e. The molecule has 0 radical (unpaired) electrons. The third kappa shape index (κ3) is 3.06. The first kappa shape index (κ1) is 19.6. The van der Waals surface area contributed by atoms with E-state index in [9.17, 15) is 10.0 Å². The van der Waals surface area contributed by atoms with Crippen LogP contribution in [0.3, 0.4) is 0 Å². The molecule has 31 heavy (non-hydrogen) atoms. The minimum Gasteiger partial charge on any atom is -0.497 e. The summed E-state index contributed by atoms with van der Waals surface area (Å²) in [4.78, 5) is 18.8. The number of Topliss-reactive ketones (excluding diaryl/α,β-unsaturated/α-hetero) is 1. The van der Waals surface area contributed by atoms with Gasteiger partial charge in [-0.1, -0.05) is 71.5 Å². The summed E-state index contributed by atoms with van der Waals surface area (Å²) >= 11 is 1.29. The summed E-state index contributed by atoms with van der Waals surface area (Å²) < 4.78 is 5.30. The van der Waals surface area contributed by atoms with Crippen LogP contribution in [0.1, 0.15) is 27.4 Å². The lowest BCUT2D eigenvalue weighted by atomic mass is 9.70. The van der Waals surface area contributed by atoms with Crippen molar-refractivity contribution in [2.24, 2.45) is 15.6 Å². The van der Waals surface area contributed by atoms with Crippen molar-refractivity contribution in [1.82, 2.24) is 0 Å². The fourth-order valence-electron chi connectivity index (χ4n) is 4.55. The molecule has 5 nitrogen and oxygen atoms in total. The monoisotopic (exact) mass is 428 g/mol. The highest BCUT2D eigenvalue weighted by atomic mass is 32.2. The van der Waals surface area contributed by atoms with E-state index >= 15 is 0 Å². The maximum absolute atomic E-state index is 13.9. The molecule has 2 unspecified atom stereocenters. The highest BCUT2D eigenvalue weighted by molar-refractivity contribution is 8.27. The van der Waals surface area contributed by atoms with Crippen LogP contribution in [0.5, 0.6) is 5.75 Å². The Kier molecular flexibility index (Phi) is 4.87. The predicted octanol–water partition coefficient (Wildman–Crippen LogP) is 5.47.